The Morgan fingerprint density at radius 3 is 2.89 bits per heavy atom. The van der Waals surface area contributed by atoms with Gasteiger partial charge in [0.05, 0.1) is 24.7 Å². The molecule has 0 amide bonds. The summed E-state index contributed by atoms with van der Waals surface area (Å²) in [5.41, 5.74) is 1.37. The third-order valence-corrected chi connectivity index (χ3v) is 4.94. The number of ether oxygens (including phenoxy) is 2. The monoisotopic (exact) mass is 266 g/mol. The second-order valence-corrected chi connectivity index (χ2v) is 6.28. The van der Waals surface area contributed by atoms with Gasteiger partial charge in [0.15, 0.2) is 0 Å². The van der Waals surface area contributed by atoms with Gasteiger partial charge in [-0.25, -0.2) is 0 Å². The smallest absolute Gasteiger partial charge is 0.311 e. The largest absolute Gasteiger partial charge is 0.469 e. The third-order valence-electron chi connectivity index (χ3n) is 4.94. The van der Waals surface area contributed by atoms with Crippen molar-refractivity contribution < 1.29 is 14.3 Å². The first kappa shape index (κ1) is 14.6. The molecule has 2 aliphatic rings. The molecule has 0 radical (unpaired) electrons. The Hall–Kier alpha value is -0.830. The summed E-state index contributed by atoms with van der Waals surface area (Å²) in [5, 5.41) is 0. The Morgan fingerprint density at radius 1 is 1.53 bits per heavy atom. The maximum absolute atomic E-state index is 11.7. The van der Waals surface area contributed by atoms with Crippen LogP contribution >= 0.6 is 0 Å². The summed E-state index contributed by atoms with van der Waals surface area (Å²) in [5.74, 6) is 0.246. The number of methoxy groups -OCH3 is 1. The maximum Gasteiger partial charge on any atom is 0.311 e. The number of carbonyl (C=O) groups excluding carboxylic acids is 1. The van der Waals surface area contributed by atoms with E-state index in [1.807, 2.05) is 6.92 Å². The lowest BCUT2D eigenvalue weighted by Crippen LogP contribution is -2.50. The Morgan fingerprint density at radius 2 is 2.26 bits per heavy atom. The zero-order chi connectivity index (χ0) is 14.0. The average Bonchev–Trinajstić information content (AvgIpc) is 2.40. The third kappa shape index (κ3) is 2.86. The topological polar surface area (TPSA) is 35.5 Å². The van der Waals surface area contributed by atoms with Crippen molar-refractivity contribution >= 4 is 5.97 Å². The molecule has 4 atom stereocenters. The quantitative estimate of drug-likeness (QED) is 0.567. The number of carbonyl (C=O) groups is 1. The van der Waals surface area contributed by atoms with Crippen molar-refractivity contribution in [1.82, 2.24) is 0 Å². The molecule has 0 unspecified atom stereocenters. The molecule has 3 nitrogen and oxygen atoms in total. The van der Waals surface area contributed by atoms with E-state index in [0.29, 0.717) is 5.92 Å². The lowest BCUT2D eigenvalue weighted by atomic mass is 9.71. The van der Waals surface area contributed by atoms with Crippen LogP contribution in [-0.4, -0.2) is 24.8 Å². The van der Waals surface area contributed by atoms with Gasteiger partial charge in [0.1, 0.15) is 0 Å². The van der Waals surface area contributed by atoms with E-state index in [4.69, 9.17) is 9.47 Å². The van der Waals surface area contributed by atoms with Gasteiger partial charge in [-0.2, -0.15) is 0 Å². The van der Waals surface area contributed by atoms with Gasteiger partial charge < -0.3 is 9.47 Å². The standard InChI is InChI=1S/C16H26O3/c1-11-6-5-9-16(10-11)12(2)7-8-14(19-16)13(3)15(17)18-4/h6,12-14H,5,7-10H2,1-4H3/t12-,13+,14-,16+/m1/s1. The molecule has 3 heteroatoms. The molecule has 1 aliphatic heterocycles. The van der Waals surface area contributed by atoms with Crippen LogP contribution < -0.4 is 0 Å². The fraction of sp³-hybridized carbons (Fsp3) is 0.812. The second kappa shape index (κ2) is 5.66. The van der Waals surface area contributed by atoms with Gasteiger partial charge in [0, 0.05) is 0 Å². The van der Waals surface area contributed by atoms with Crippen molar-refractivity contribution in [3.05, 3.63) is 11.6 Å². The molecular formula is C16H26O3. The van der Waals surface area contributed by atoms with E-state index in [9.17, 15) is 4.79 Å². The van der Waals surface area contributed by atoms with Crippen molar-refractivity contribution in [3.8, 4) is 0 Å². The molecule has 1 heterocycles. The summed E-state index contributed by atoms with van der Waals surface area (Å²) in [6.07, 6.45) is 7.61. The molecule has 1 aliphatic carbocycles. The molecule has 0 saturated carbocycles. The van der Waals surface area contributed by atoms with Crippen molar-refractivity contribution in [2.24, 2.45) is 11.8 Å². The minimum atomic E-state index is -0.166. The first-order chi connectivity index (χ1) is 8.98. The first-order valence-electron chi connectivity index (χ1n) is 7.40. The minimum Gasteiger partial charge on any atom is -0.469 e. The van der Waals surface area contributed by atoms with E-state index < -0.39 is 0 Å². The number of allylic oxidation sites excluding steroid dienone is 1. The summed E-state index contributed by atoms with van der Waals surface area (Å²) < 4.78 is 11.3. The lowest BCUT2D eigenvalue weighted by molar-refractivity contribution is -0.188. The molecule has 1 fully saturated rings. The first-order valence-corrected chi connectivity index (χ1v) is 7.40. The van der Waals surface area contributed by atoms with Crippen LogP contribution in [0.1, 0.15) is 52.9 Å². The van der Waals surface area contributed by atoms with Crippen LogP contribution in [-0.2, 0) is 14.3 Å². The number of esters is 1. The summed E-state index contributed by atoms with van der Waals surface area (Å²) in [4.78, 5) is 11.7. The normalized spacial score (nSPS) is 36.7. The zero-order valence-corrected chi connectivity index (χ0v) is 12.6. The van der Waals surface area contributed by atoms with Crippen LogP contribution in [0.2, 0.25) is 0 Å². The Labute approximate surface area is 116 Å². The number of hydrogen-bond donors (Lipinski definition) is 0. The van der Waals surface area contributed by atoms with E-state index in [-0.39, 0.29) is 23.6 Å². The molecule has 1 spiro atoms. The Balaban J connectivity index is 2.12. The van der Waals surface area contributed by atoms with Gasteiger partial charge in [-0.3, -0.25) is 4.79 Å². The molecule has 0 bridgehead atoms. The molecule has 19 heavy (non-hydrogen) atoms. The van der Waals surface area contributed by atoms with E-state index >= 15 is 0 Å². The van der Waals surface area contributed by atoms with Gasteiger partial charge >= 0.3 is 5.97 Å². The molecule has 0 aromatic rings. The summed E-state index contributed by atoms with van der Waals surface area (Å²) in [7, 11) is 1.45. The predicted octanol–water partition coefficient (Wildman–Crippen LogP) is 3.48. The van der Waals surface area contributed by atoms with Crippen molar-refractivity contribution in [3.63, 3.8) is 0 Å². The minimum absolute atomic E-state index is 0.00884. The van der Waals surface area contributed by atoms with Crippen LogP contribution in [0.3, 0.4) is 0 Å². The van der Waals surface area contributed by atoms with Crippen LogP contribution in [0.15, 0.2) is 11.6 Å². The van der Waals surface area contributed by atoms with E-state index in [1.165, 1.54) is 12.7 Å². The lowest BCUT2D eigenvalue weighted by Gasteiger charge is -2.48. The van der Waals surface area contributed by atoms with Gasteiger partial charge in [-0.1, -0.05) is 18.6 Å². The highest BCUT2D eigenvalue weighted by molar-refractivity contribution is 5.72. The van der Waals surface area contributed by atoms with Crippen molar-refractivity contribution in [2.45, 2.75) is 64.6 Å². The van der Waals surface area contributed by atoms with Gasteiger partial charge in [-0.05, 0) is 51.9 Å². The van der Waals surface area contributed by atoms with E-state index in [2.05, 4.69) is 19.9 Å². The van der Waals surface area contributed by atoms with Crippen LogP contribution in [0.5, 0.6) is 0 Å². The molecule has 0 aromatic carbocycles. The second-order valence-electron chi connectivity index (χ2n) is 6.28. The van der Waals surface area contributed by atoms with Gasteiger partial charge in [0.25, 0.3) is 0 Å². The summed E-state index contributed by atoms with van der Waals surface area (Å²) in [6, 6.07) is 0. The number of hydrogen-bond acceptors (Lipinski definition) is 3. The van der Waals surface area contributed by atoms with Gasteiger partial charge in [0.2, 0.25) is 0 Å². The highest BCUT2D eigenvalue weighted by atomic mass is 16.5. The molecule has 0 aromatic heterocycles. The van der Waals surface area contributed by atoms with Crippen LogP contribution in [0.4, 0.5) is 0 Å². The van der Waals surface area contributed by atoms with Gasteiger partial charge in [-0.15, -0.1) is 0 Å². The van der Waals surface area contributed by atoms with Crippen molar-refractivity contribution in [2.75, 3.05) is 7.11 Å². The van der Waals surface area contributed by atoms with E-state index in [1.54, 1.807) is 0 Å². The highest BCUT2D eigenvalue weighted by Crippen LogP contribution is 2.45. The SMILES string of the molecule is COC(=O)[C@@H](C)[C@H]1CC[C@@H](C)[C@@]2(CCC=C(C)C2)O1. The maximum atomic E-state index is 11.7. The van der Waals surface area contributed by atoms with Crippen LogP contribution in [0.25, 0.3) is 0 Å². The fourth-order valence-electron chi connectivity index (χ4n) is 3.56. The van der Waals surface area contributed by atoms with Crippen molar-refractivity contribution in [1.29, 1.82) is 0 Å². The number of rotatable bonds is 2. The molecule has 2 rings (SSSR count). The summed E-state index contributed by atoms with van der Waals surface area (Å²) in [6.45, 7) is 6.40. The Bertz CT molecular complexity index is 374. The summed E-state index contributed by atoms with van der Waals surface area (Å²) >= 11 is 0. The van der Waals surface area contributed by atoms with Crippen LogP contribution in [0, 0.1) is 11.8 Å². The highest BCUT2D eigenvalue weighted by Gasteiger charge is 2.45. The Kier molecular flexibility index (Phi) is 4.34. The predicted molar refractivity (Wildman–Crippen MR) is 74.8 cm³/mol. The van der Waals surface area contributed by atoms with E-state index in [0.717, 1.165) is 32.1 Å². The average molecular weight is 266 g/mol. The molecular weight excluding hydrogens is 240 g/mol. The fourth-order valence-corrected chi connectivity index (χ4v) is 3.56. The zero-order valence-electron chi connectivity index (χ0n) is 12.6. The molecule has 1 saturated heterocycles. The molecule has 0 N–H and O–H groups in total. The molecule has 108 valence electrons.